The molecule has 0 bridgehead atoms. The molecule has 2 rings (SSSR count). The van der Waals surface area contributed by atoms with Crippen LogP contribution in [0.3, 0.4) is 0 Å². The van der Waals surface area contributed by atoms with Gasteiger partial charge in [-0.2, -0.15) is 13.2 Å². The van der Waals surface area contributed by atoms with E-state index in [-0.39, 0.29) is 31.8 Å². The van der Waals surface area contributed by atoms with Crippen LogP contribution in [0.5, 0.6) is 5.75 Å². The first-order valence-corrected chi connectivity index (χ1v) is 10.8. The van der Waals surface area contributed by atoms with Crippen LogP contribution in [0.25, 0.3) is 0 Å². The van der Waals surface area contributed by atoms with Crippen LogP contribution in [0, 0.1) is 0 Å². The normalized spacial score (nSPS) is 13.9. The molecule has 0 heterocycles. The van der Waals surface area contributed by atoms with Crippen molar-refractivity contribution in [3.63, 3.8) is 0 Å². The summed E-state index contributed by atoms with van der Waals surface area (Å²) in [5, 5.41) is 10.0. The molecule has 2 atom stereocenters. The zero-order chi connectivity index (χ0) is 22.9. The molecule has 5 nitrogen and oxygen atoms in total. The van der Waals surface area contributed by atoms with Crippen molar-refractivity contribution in [1.82, 2.24) is 0 Å². The maximum absolute atomic E-state index is 13.5. The molecule has 0 aromatic heterocycles. The predicted octanol–water partition coefficient (Wildman–Crippen LogP) is 4.95. The number of ether oxygens (including phenoxy) is 1. The molecule has 0 aliphatic rings. The first-order valence-electron chi connectivity index (χ1n) is 9.63. The summed E-state index contributed by atoms with van der Waals surface area (Å²) in [7, 11) is -1.03. The van der Waals surface area contributed by atoms with Crippen LogP contribution in [-0.2, 0) is 28.1 Å². The van der Waals surface area contributed by atoms with Crippen LogP contribution < -0.4 is 10.5 Å². The minimum Gasteiger partial charge on any atom is -0.493 e. The first kappa shape index (κ1) is 25.6. The summed E-state index contributed by atoms with van der Waals surface area (Å²) in [6.45, 7) is -0.473. The lowest BCUT2D eigenvalue weighted by Crippen LogP contribution is -2.47. The lowest BCUT2D eigenvalue weighted by Gasteiger charge is -2.24. The Morgan fingerprint density at radius 1 is 1.06 bits per heavy atom. The monoisotopic (exact) mass is 478 g/mol. The molecule has 0 aliphatic carbocycles. The van der Waals surface area contributed by atoms with Crippen LogP contribution in [0.15, 0.2) is 42.5 Å². The summed E-state index contributed by atoms with van der Waals surface area (Å²) in [6, 6.07) is 11.1. The van der Waals surface area contributed by atoms with Crippen molar-refractivity contribution in [1.29, 1.82) is 0 Å². The molecule has 0 saturated heterocycles. The van der Waals surface area contributed by atoms with Gasteiger partial charge in [0.15, 0.2) is 0 Å². The van der Waals surface area contributed by atoms with Crippen LogP contribution in [-0.4, -0.2) is 30.5 Å². The van der Waals surface area contributed by atoms with Crippen molar-refractivity contribution >= 4 is 20.3 Å². The van der Waals surface area contributed by atoms with Gasteiger partial charge in [0.2, 0.25) is 0 Å². The zero-order valence-corrected chi connectivity index (χ0v) is 18.5. The summed E-state index contributed by atoms with van der Waals surface area (Å²) >= 11 is 5.83. The van der Waals surface area contributed by atoms with Crippen molar-refractivity contribution < 1.29 is 32.1 Å². The second kappa shape index (κ2) is 11.8. The average Bonchev–Trinajstić information content (AvgIpc) is 2.75. The summed E-state index contributed by atoms with van der Waals surface area (Å²) in [5.74, 6) is -0.232. The average molecular weight is 479 g/mol. The summed E-state index contributed by atoms with van der Waals surface area (Å²) in [6.07, 6.45) is -3.03. The molecule has 0 fully saturated rings. The molecule has 0 radical (unpaired) electrons. The van der Waals surface area contributed by atoms with Gasteiger partial charge in [-0.3, -0.25) is 0 Å². The number of aryl methyl sites for hydroxylation is 2. The van der Waals surface area contributed by atoms with Gasteiger partial charge in [-0.25, -0.2) is 0 Å². The van der Waals surface area contributed by atoms with E-state index in [0.717, 1.165) is 11.6 Å². The van der Waals surface area contributed by atoms with Gasteiger partial charge in [0.05, 0.1) is 24.3 Å². The second-order valence-corrected chi connectivity index (χ2v) is 8.19. The van der Waals surface area contributed by atoms with Crippen molar-refractivity contribution in [2.24, 2.45) is 5.73 Å². The Bertz CT molecular complexity index is 852. The number of halogens is 4. The molecule has 170 valence electrons. The van der Waals surface area contributed by atoms with Gasteiger partial charge in [0, 0.05) is 5.02 Å². The van der Waals surface area contributed by atoms with Gasteiger partial charge in [-0.1, -0.05) is 29.8 Å². The van der Waals surface area contributed by atoms with E-state index in [4.69, 9.17) is 26.6 Å². The Balaban J connectivity index is 2.00. The molecule has 2 aromatic carbocycles. The minimum atomic E-state index is -4.58. The van der Waals surface area contributed by atoms with Crippen LogP contribution in [0.1, 0.15) is 29.5 Å². The van der Waals surface area contributed by atoms with Crippen molar-refractivity contribution in [3.8, 4) is 5.75 Å². The van der Waals surface area contributed by atoms with Gasteiger partial charge in [0.25, 0.3) is 0 Å². The minimum absolute atomic E-state index is 0.134. The highest BCUT2D eigenvalue weighted by molar-refractivity contribution is 7.17. The zero-order valence-electron chi connectivity index (χ0n) is 16.8. The Morgan fingerprint density at radius 3 is 2.35 bits per heavy atom. The number of nitrogens with two attached hydrogens (primary N) is 1. The lowest BCUT2D eigenvalue weighted by atomic mass is 9.93. The first-order chi connectivity index (χ1) is 14.7. The molecule has 2 aromatic rings. The fraction of sp³-hybridized carbons (Fsp3) is 0.429. The highest BCUT2D eigenvalue weighted by Gasteiger charge is 2.35. The Hall–Kier alpha value is -1.70. The molecule has 10 heteroatoms. The topological polar surface area (TPSA) is 81.8 Å². The highest BCUT2D eigenvalue weighted by atomic mass is 35.5. The standard InChI is InChI=1S/C21H25ClF3NO4P/c22-17-6-3-15(4-7-17)2-1-11-29-19-8-5-16(12-18(19)21(23,24)25)9-10-20(26,13-27)14-30-31-28/h3-8,12,27,31H,1-2,9-11,13-14,26H2/q+1. The number of alkyl halides is 3. The molecule has 0 spiro atoms. The Morgan fingerprint density at radius 2 is 1.74 bits per heavy atom. The molecule has 0 aliphatic heterocycles. The maximum atomic E-state index is 13.5. The molecular formula is C21H25ClF3NO4P+. The van der Waals surface area contributed by atoms with E-state index in [0.29, 0.717) is 23.4 Å². The quantitative estimate of drug-likeness (QED) is 0.333. The molecule has 3 N–H and O–H groups in total. The van der Waals surface area contributed by atoms with Gasteiger partial charge in [0.1, 0.15) is 12.4 Å². The van der Waals surface area contributed by atoms with Crippen molar-refractivity contribution in [2.45, 2.75) is 37.4 Å². The third-order valence-corrected chi connectivity index (χ3v) is 5.29. The number of benzene rings is 2. The van der Waals surface area contributed by atoms with E-state index >= 15 is 0 Å². The number of rotatable bonds is 12. The summed E-state index contributed by atoms with van der Waals surface area (Å²) in [5.41, 5.74) is 5.33. The van der Waals surface area contributed by atoms with E-state index in [1.165, 1.54) is 12.1 Å². The summed E-state index contributed by atoms with van der Waals surface area (Å²) in [4.78, 5) is 0. The van der Waals surface area contributed by atoms with E-state index in [9.17, 15) is 22.8 Å². The number of hydrogen-bond acceptors (Lipinski definition) is 5. The Labute approximate surface area is 185 Å². The summed E-state index contributed by atoms with van der Waals surface area (Å²) < 4.78 is 61.3. The fourth-order valence-electron chi connectivity index (χ4n) is 2.95. The van der Waals surface area contributed by atoms with E-state index in [2.05, 4.69) is 0 Å². The lowest BCUT2D eigenvalue weighted by molar-refractivity contribution is -0.139. The fourth-order valence-corrected chi connectivity index (χ4v) is 3.43. The smallest absolute Gasteiger partial charge is 0.493 e. The molecule has 31 heavy (non-hydrogen) atoms. The van der Waals surface area contributed by atoms with Gasteiger partial charge < -0.3 is 15.6 Å². The van der Waals surface area contributed by atoms with Crippen LogP contribution in [0.4, 0.5) is 13.2 Å². The third-order valence-electron chi connectivity index (χ3n) is 4.77. The highest BCUT2D eigenvalue weighted by Crippen LogP contribution is 2.37. The largest absolute Gasteiger partial charge is 0.494 e. The van der Waals surface area contributed by atoms with Gasteiger partial charge >= 0.3 is 14.9 Å². The molecule has 0 saturated carbocycles. The molecule has 2 unspecified atom stereocenters. The SMILES string of the molecule is NC(CO)(CCc1ccc(OCCCc2ccc(Cl)cc2)c(C(F)(F)F)c1)CO[PH+]=O. The van der Waals surface area contributed by atoms with E-state index < -0.39 is 32.6 Å². The second-order valence-electron chi connectivity index (χ2n) is 7.30. The van der Waals surface area contributed by atoms with E-state index in [1.54, 1.807) is 12.1 Å². The molecule has 0 amide bonds. The number of hydrogen-bond donors (Lipinski definition) is 2. The van der Waals surface area contributed by atoms with Crippen molar-refractivity contribution in [3.05, 3.63) is 64.2 Å². The van der Waals surface area contributed by atoms with Crippen LogP contribution >= 0.6 is 20.3 Å². The Kier molecular flexibility index (Phi) is 9.72. The van der Waals surface area contributed by atoms with Crippen LogP contribution in [0.2, 0.25) is 5.02 Å². The number of aliphatic hydroxyl groups excluding tert-OH is 1. The third kappa shape index (κ3) is 8.39. The maximum Gasteiger partial charge on any atom is 0.494 e. The van der Waals surface area contributed by atoms with Gasteiger partial charge in [-0.05, 0) is 65.6 Å². The predicted molar refractivity (Wildman–Crippen MR) is 114 cm³/mol. The number of aliphatic hydroxyl groups is 1. The van der Waals surface area contributed by atoms with E-state index in [1.807, 2.05) is 12.1 Å². The molecular weight excluding hydrogens is 454 g/mol. The van der Waals surface area contributed by atoms with Crippen molar-refractivity contribution in [2.75, 3.05) is 19.8 Å². The van der Waals surface area contributed by atoms with Gasteiger partial charge in [-0.15, -0.1) is 4.52 Å².